The SMILES string of the molecule is O=C(c1ccc2c(c1)CN(C(=O)C1CCOC1)C2c1cnco1)N1CCCC1. The molecule has 28 heavy (non-hydrogen) atoms. The van der Waals surface area contributed by atoms with E-state index in [1.807, 2.05) is 28.0 Å². The molecule has 2 aromatic rings. The Morgan fingerprint density at radius 2 is 2.04 bits per heavy atom. The number of fused-ring (bicyclic) bond motifs is 1. The molecular formula is C21H23N3O4. The minimum absolute atomic E-state index is 0.0718. The first-order valence-corrected chi connectivity index (χ1v) is 9.91. The molecule has 0 N–H and O–H groups in total. The fraction of sp³-hybridized carbons (Fsp3) is 0.476. The van der Waals surface area contributed by atoms with Crippen molar-refractivity contribution in [1.29, 1.82) is 0 Å². The van der Waals surface area contributed by atoms with E-state index in [1.54, 1.807) is 6.20 Å². The van der Waals surface area contributed by atoms with E-state index in [-0.39, 0.29) is 23.8 Å². The second-order valence-electron chi connectivity index (χ2n) is 7.75. The van der Waals surface area contributed by atoms with E-state index in [0.29, 0.717) is 31.1 Å². The molecule has 1 aromatic carbocycles. The summed E-state index contributed by atoms with van der Waals surface area (Å²) < 4.78 is 11.0. The highest BCUT2D eigenvalue weighted by atomic mass is 16.5. The third-order valence-corrected chi connectivity index (χ3v) is 6.01. The van der Waals surface area contributed by atoms with Gasteiger partial charge in [0.15, 0.2) is 12.2 Å². The van der Waals surface area contributed by atoms with Crippen LogP contribution in [-0.2, 0) is 16.1 Å². The molecule has 3 aliphatic rings. The summed E-state index contributed by atoms with van der Waals surface area (Å²) in [6.07, 6.45) is 5.92. The van der Waals surface area contributed by atoms with E-state index in [4.69, 9.17) is 9.15 Å². The fourth-order valence-corrected chi connectivity index (χ4v) is 4.52. The molecule has 4 heterocycles. The van der Waals surface area contributed by atoms with Gasteiger partial charge >= 0.3 is 0 Å². The number of hydrogen-bond donors (Lipinski definition) is 0. The van der Waals surface area contributed by atoms with Gasteiger partial charge in [0.2, 0.25) is 5.91 Å². The lowest BCUT2D eigenvalue weighted by molar-refractivity contribution is -0.137. The highest BCUT2D eigenvalue weighted by molar-refractivity contribution is 5.95. The van der Waals surface area contributed by atoms with Gasteiger partial charge in [0, 0.05) is 31.8 Å². The van der Waals surface area contributed by atoms with Crippen LogP contribution < -0.4 is 0 Å². The van der Waals surface area contributed by atoms with Crippen LogP contribution in [0.15, 0.2) is 35.2 Å². The summed E-state index contributed by atoms with van der Waals surface area (Å²) in [4.78, 5) is 33.7. The predicted octanol–water partition coefficient (Wildman–Crippen LogP) is 2.38. The summed E-state index contributed by atoms with van der Waals surface area (Å²) in [6.45, 7) is 3.20. The topological polar surface area (TPSA) is 75.9 Å². The number of ether oxygens (including phenoxy) is 1. The monoisotopic (exact) mass is 381 g/mol. The summed E-state index contributed by atoms with van der Waals surface area (Å²) in [5.74, 6) is 0.670. The minimum Gasteiger partial charge on any atom is -0.446 e. The molecule has 5 rings (SSSR count). The van der Waals surface area contributed by atoms with Crippen LogP contribution in [0.1, 0.15) is 52.5 Å². The molecule has 0 radical (unpaired) electrons. The zero-order valence-electron chi connectivity index (χ0n) is 15.7. The van der Waals surface area contributed by atoms with Crippen LogP contribution in [0.5, 0.6) is 0 Å². The summed E-state index contributed by atoms with van der Waals surface area (Å²) in [5, 5.41) is 0. The number of carbonyl (C=O) groups excluding carboxylic acids is 2. The van der Waals surface area contributed by atoms with Crippen LogP contribution >= 0.6 is 0 Å². The van der Waals surface area contributed by atoms with Crippen molar-refractivity contribution in [1.82, 2.24) is 14.8 Å². The van der Waals surface area contributed by atoms with Gasteiger partial charge in [0.25, 0.3) is 5.91 Å². The molecule has 3 aliphatic heterocycles. The normalized spacial score (nSPS) is 24.0. The van der Waals surface area contributed by atoms with Gasteiger partial charge in [0.05, 0.1) is 18.7 Å². The van der Waals surface area contributed by atoms with Crippen molar-refractivity contribution < 1.29 is 18.7 Å². The molecule has 2 atom stereocenters. The molecule has 0 saturated carbocycles. The fourth-order valence-electron chi connectivity index (χ4n) is 4.52. The second kappa shape index (κ2) is 7.05. The number of benzene rings is 1. The van der Waals surface area contributed by atoms with Crippen LogP contribution in [-0.4, -0.2) is 52.9 Å². The highest BCUT2D eigenvalue weighted by Gasteiger charge is 2.40. The summed E-state index contributed by atoms with van der Waals surface area (Å²) >= 11 is 0. The number of rotatable bonds is 3. The quantitative estimate of drug-likeness (QED) is 0.816. The van der Waals surface area contributed by atoms with E-state index in [1.165, 1.54) is 6.39 Å². The lowest BCUT2D eigenvalue weighted by Gasteiger charge is -2.25. The second-order valence-corrected chi connectivity index (χ2v) is 7.75. The Labute approximate surface area is 163 Å². The van der Waals surface area contributed by atoms with Crippen molar-refractivity contribution in [2.45, 2.75) is 31.8 Å². The Morgan fingerprint density at radius 1 is 1.18 bits per heavy atom. The van der Waals surface area contributed by atoms with Gasteiger partial charge in [-0.25, -0.2) is 4.98 Å². The summed E-state index contributed by atoms with van der Waals surface area (Å²) in [7, 11) is 0. The number of amides is 2. The standard InChI is InChI=1S/C21H23N3O4/c25-20(23-6-1-2-7-23)14-3-4-17-16(9-14)11-24(19(17)18-10-22-13-28-18)21(26)15-5-8-27-12-15/h3-4,9-10,13,15,19H,1-2,5-8,11-12H2. The number of oxazole rings is 1. The molecule has 0 bridgehead atoms. The van der Waals surface area contributed by atoms with Gasteiger partial charge in [-0.2, -0.15) is 0 Å². The molecule has 7 nitrogen and oxygen atoms in total. The number of nitrogens with zero attached hydrogens (tertiary/aromatic N) is 3. The van der Waals surface area contributed by atoms with Gasteiger partial charge in [-0.15, -0.1) is 0 Å². The number of carbonyl (C=O) groups is 2. The molecular weight excluding hydrogens is 358 g/mol. The Morgan fingerprint density at radius 3 is 2.75 bits per heavy atom. The van der Waals surface area contributed by atoms with Crippen molar-refractivity contribution >= 4 is 11.8 Å². The zero-order chi connectivity index (χ0) is 19.1. The van der Waals surface area contributed by atoms with Crippen LogP contribution in [0, 0.1) is 5.92 Å². The Bertz CT molecular complexity index is 883. The van der Waals surface area contributed by atoms with E-state index in [2.05, 4.69) is 4.98 Å². The molecule has 7 heteroatoms. The number of aromatic nitrogens is 1. The van der Waals surface area contributed by atoms with Crippen LogP contribution in [0.3, 0.4) is 0 Å². The van der Waals surface area contributed by atoms with Crippen molar-refractivity contribution in [2.24, 2.45) is 5.92 Å². The van der Waals surface area contributed by atoms with E-state index < -0.39 is 0 Å². The largest absolute Gasteiger partial charge is 0.446 e. The summed E-state index contributed by atoms with van der Waals surface area (Å²) in [5.41, 5.74) is 2.69. The maximum absolute atomic E-state index is 13.2. The van der Waals surface area contributed by atoms with Crippen LogP contribution in [0.4, 0.5) is 0 Å². The number of hydrogen-bond acceptors (Lipinski definition) is 5. The van der Waals surface area contributed by atoms with Gasteiger partial charge in [-0.1, -0.05) is 6.07 Å². The lowest BCUT2D eigenvalue weighted by Crippen LogP contribution is -2.35. The Kier molecular flexibility index (Phi) is 4.39. The van der Waals surface area contributed by atoms with Gasteiger partial charge in [-0.05, 0) is 42.5 Å². The van der Waals surface area contributed by atoms with Gasteiger partial charge in [0.1, 0.15) is 6.04 Å². The molecule has 2 saturated heterocycles. The molecule has 0 aliphatic carbocycles. The van der Waals surface area contributed by atoms with Crippen molar-refractivity contribution in [3.05, 3.63) is 53.2 Å². The molecule has 0 spiro atoms. The maximum Gasteiger partial charge on any atom is 0.253 e. The van der Waals surface area contributed by atoms with Crippen LogP contribution in [0.2, 0.25) is 0 Å². The van der Waals surface area contributed by atoms with Crippen molar-refractivity contribution in [2.75, 3.05) is 26.3 Å². The Hall–Kier alpha value is -2.67. The van der Waals surface area contributed by atoms with Crippen LogP contribution in [0.25, 0.3) is 0 Å². The number of likely N-dealkylation sites (tertiary alicyclic amines) is 1. The van der Waals surface area contributed by atoms with Gasteiger partial charge < -0.3 is 19.0 Å². The third-order valence-electron chi connectivity index (χ3n) is 6.01. The zero-order valence-corrected chi connectivity index (χ0v) is 15.7. The molecule has 1 aromatic heterocycles. The van der Waals surface area contributed by atoms with Gasteiger partial charge in [-0.3, -0.25) is 9.59 Å². The average molecular weight is 381 g/mol. The maximum atomic E-state index is 13.2. The third kappa shape index (κ3) is 2.90. The minimum atomic E-state index is -0.304. The molecule has 2 fully saturated rings. The molecule has 2 amide bonds. The summed E-state index contributed by atoms with van der Waals surface area (Å²) in [6, 6.07) is 5.47. The first-order chi connectivity index (χ1) is 13.7. The van der Waals surface area contributed by atoms with E-state index >= 15 is 0 Å². The highest BCUT2D eigenvalue weighted by Crippen LogP contribution is 2.40. The molecule has 146 valence electrons. The first kappa shape index (κ1) is 17.4. The van der Waals surface area contributed by atoms with E-state index in [9.17, 15) is 9.59 Å². The molecule has 2 unspecified atom stereocenters. The predicted molar refractivity (Wildman–Crippen MR) is 99.4 cm³/mol. The Balaban J connectivity index is 1.48. The van der Waals surface area contributed by atoms with Crippen molar-refractivity contribution in [3.8, 4) is 0 Å². The average Bonchev–Trinajstić information content (AvgIpc) is 3.51. The lowest BCUT2D eigenvalue weighted by atomic mass is 9.99. The van der Waals surface area contributed by atoms with Crippen molar-refractivity contribution in [3.63, 3.8) is 0 Å². The smallest absolute Gasteiger partial charge is 0.253 e. The first-order valence-electron chi connectivity index (χ1n) is 9.91. The van der Waals surface area contributed by atoms with E-state index in [0.717, 1.165) is 43.5 Å².